The quantitative estimate of drug-likeness (QED) is 0.533. The van der Waals surface area contributed by atoms with Gasteiger partial charge in [0, 0.05) is 11.5 Å². The van der Waals surface area contributed by atoms with Gasteiger partial charge in [0.2, 0.25) is 0 Å². The molecule has 1 aliphatic carbocycles. The maximum atomic E-state index is 3.92. The molecule has 1 saturated carbocycles. The first-order valence-corrected chi connectivity index (χ1v) is 10.5. The second-order valence-corrected chi connectivity index (χ2v) is 8.47. The third-order valence-corrected chi connectivity index (χ3v) is 6.28. The highest BCUT2D eigenvalue weighted by molar-refractivity contribution is 5.42. The summed E-state index contributed by atoms with van der Waals surface area (Å²) in [7, 11) is 0. The number of hydrogen-bond acceptors (Lipinski definition) is 1. The first-order chi connectivity index (χ1) is 13.6. The summed E-state index contributed by atoms with van der Waals surface area (Å²) in [5.74, 6) is 1.00. The highest BCUT2D eigenvalue weighted by atomic mass is 15.0. The minimum atomic E-state index is 0.111. The van der Waals surface area contributed by atoms with Crippen LogP contribution in [0, 0.1) is 13.8 Å². The zero-order chi connectivity index (χ0) is 19.6. The number of nitrogens with one attached hydrogen (secondary N) is 1. The van der Waals surface area contributed by atoms with E-state index in [-0.39, 0.29) is 5.54 Å². The number of likely N-dealkylation sites (N-methyl/N-ethyl adjacent to an activating group) is 1. The SMILES string of the molecule is CCNC1(C(c2ccccc2)c2ccccc2)CC(c2cc(C)cc(C)c2)C1. The maximum Gasteiger partial charge on any atom is 0.0302 e. The van der Waals surface area contributed by atoms with Crippen molar-refractivity contribution >= 4 is 0 Å². The molecule has 0 aliphatic heterocycles. The van der Waals surface area contributed by atoms with E-state index in [0.717, 1.165) is 6.54 Å². The fourth-order valence-corrected chi connectivity index (χ4v) is 5.26. The molecule has 28 heavy (non-hydrogen) atoms. The van der Waals surface area contributed by atoms with Gasteiger partial charge in [0.1, 0.15) is 0 Å². The van der Waals surface area contributed by atoms with Gasteiger partial charge in [-0.2, -0.15) is 0 Å². The van der Waals surface area contributed by atoms with E-state index in [4.69, 9.17) is 0 Å². The largest absolute Gasteiger partial charge is 0.311 e. The van der Waals surface area contributed by atoms with Gasteiger partial charge >= 0.3 is 0 Å². The van der Waals surface area contributed by atoms with Crippen LogP contribution in [0.15, 0.2) is 78.9 Å². The van der Waals surface area contributed by atoms with E-state index in [1.54, 1.807) is 0 Å². The highest BCUT2D eigenvalue weighted by Gasteiger charge is 2.50. The Kier molecular flexibility index (Phi) is 5.37. The fourth-order valence-electron chi connectivity index (χ4n) is 5.26. The molecular weight excluding hydrogens is 338 g/mol. The van der Waals surface area contributed by atoms with Crippen LogP contribution in [0.4, 0.5) is 0 Å². The van der Waals surface area contributed by atoms with E-state index in [1.165, 1.54) is 40.7 Å². The predicted molar refractivity (Wildman–Crippen MR) is 119 cm³/mol. The van der Waals surface area contributed by atoms with Crippen LogP contribution >= 0.6 is 0 Å². The van der Waals surface area contributed by atoms with Crippen molar-refractivity contribution in [1.29, 1.82) is 0 Å². The third kappa shape index (κ3) is 3.64. The second-order valence-electron chi connectivity index (χ2n) is 8.47. The molecule has 1 aliphatic rings. The lowest BCUT2D eigenvalue weighted by Crippen LogP contribution is -2.58. The summed E-state index contributed by atoms with van der Waals surface area (Å²) in [6.45, 7) is 7.65. The molecule has 0 amide bonds. The van der Waals surface area contributed by atoms with Crippen molar-refractivity contribution in [3.8, 4) is 0 Å². The predicted octanol–water partition coefficient (Wildman–Crippen LogP) is 6.36. The molecule has 0 radical (unpaired) electrons. The normalized spacial score (nSPS) is 21.5. The maximum absolute atomic E-state index is 3.92. The standard InChI is InChI=1S/C27H31N/c1-4-28-27(18-25(19-27)24-16-20(2)15-21(3)17-24)26(22-11-7-5-8-12-22)23-13-9-6-10-14-23/h5-17,25-26,28H,4,18-19H2,1-3H3. The Morgan fingerprint density at radius 3 is 1.79 bits per heavy atom. The summed E-state index contributed by atoms with van der Waals surface area (Å²) in [5, 5.41) is 3.92. The smallest absolute Gasteiger partial charge is 0.0302 e. The summed E-state index contributed by atoms with van der Waals surface area (Å²) < 4.78 is 0. The topological polar surface area (TPSA) is 12.0 Å². The zero-order valence-corrected chi connectivity index (χ0v) is 17.3. The van der Waals surface area contributed by atoms with Crippen LogP contribution in [0.2, 0.25) is 0 Å². The van der Waals surface area contributed by atoms with Crippen LogP contribution < -0.4 is 5.32 Å². The molecule has 0 heterocycles. The Labute approximate surface area is 169 Å². The first-order valence-electron chi connectivity index (χ1n) is 10.5. The molecular formula is C27H31N. The molecule has 144 valence electrons. The molecule has 1 N–H and O–H groups in total. The third-order valence-electron chi connectivity index (χ3n) is 6.28. The van der Waals surface area contributed by atoms with E-state index in [2.05, 4.69) is 105 Å². The summed E-state index contributed by atoms with van der Waals surface area (Å²) in [4.78, 5) is 0. The van der Waals surface area contributed by atoms with Gasteiger partial charge in [0.25, 0.3) is 0 Å². The molecule has 1 nitrogen and oxygen atoms in total. The van der Waals surface area contributed by atoms with Crippen molar-refractivity contribution in [2.24, 2.45) is 0 Å². The molecule has 0 atom stereocenters. The van der Waals surface area contributed by atoms with Crippen molar-refractivity contribution < 1.29 is 0 Å². The Bertz CT molecular complexity index is 848. The Balaban J connectivity index is 1.71. The van der Waals surface area contributed by atoms with Gasteiger partial charge in [-0.1, -0.05) is 96.9 Å². The van der Waals surface area contributed by atoms with Crippen LogP contribution in [-0.4, -0.2) is 12.1 Å². The van der Waals surface area contributed by atoms with Gasteiger partial charge < -0.3 is 5.32 Å². The molecule has 3 aromatic carbocycles. The molecule has 1 fully saturated rings. The lowest BCUT2D eigenvalue weighted by Gasteiger charge is -2.54. The van der Waals surface area contributed by atoms with Crippen LogP contribution in [-0.2, 0) is 0 Å². The molecule has 3 aromatic rings. The lowest BCUT2D eigenvalue weighted by atomic mass is 9.57. The molecule has 0 bridgehead atoms. The number of aryl methyl sites for hydroxylation is 2. The van der Waals surface area contributed by atoms with Gasteiger partial charge in [0.05, 0.1) is 0 Å². The minimum Gasteiger partial charge on any atom is -0.311 e. The highest BCUT2D eigenvalue weighted by Crippen LogP contribution is 2.54. The average molecular weight is 370 g/mol. The van der Waals surface area contributed by atoms with Gasteiger partial charge in [-0.3, -0.25) is 0 Å². The van der Waals surface area contributed by atoms with Gasteiger partial charge in [-0.15, -0.1) is 0 Å². The Hall–Kier alpha value is -2.38. The summed E-state index contributed by atoms with van der Waals surface area (Å²) in [6.07, 6.45) is 2.36. The van der Waals surface area contributed by atoms with E-state index in [0.29, 0.717) is 11.8 Å². The van der Waals surface area contributed by atoms with E-state index >= 15 is 0 Å². The second kappa shape index (κ2) is 7.93. The van der Waals surface area contributed by atoms with Gasteiger partial charge in [0.15, 0.2) is 0 Å². The Morgan fingerprint density at radius 2 is 1.32 bits per heavy atom. The molecule has 4 rings (SSSR count). The van der Waals surface area contributed by atoms with Crippen LogP contribution in [0.1, 0.15) is 59.4 Å². The summed E-state index contributed by atoms with van der Waals surface area (Å²) in [6, 6.07) is 29.1. The number of rotatable bonds is 6. The van der Waals surface area contributed by atoms with Crippen LogP contribution in [0.25, 0.3) is 0 Å². The van der Waals surface area contributed by atoms with E-state index in [9.17, 15) is 0 Å². The summed E-state index contributed by atoms with van der Waals surface area (Å²) >= 11 is 0. The van der Waals surface area contributed by atoms with Crippen LogP contribution in [0.5, 0.6) is 0 Å². The Morgan fingerprint density at radius 1 is 0.821 bits per heavy atom. The zero-order valence-electron chi connectivity index (χ0n) is 17.3. The van der Waals surface area contributed by atoms with E-state index in [1.807, 2.05) is 0 Å². The van der Waals surface area contributed by atoms with Crippen molar-refractivity contribution in [1.82, 2.24) is 5.32 Å². The molecule has 0 saturated heterocycles. The van der Waals surface area contributed by atoms with Crippen molar-refractivity contribution in [2.75, 3.05) is 6.54 Å². The number of hydrogen-bond donors (Lipinski definition) is 1. The molecule has 0 unspecified atom stereocenters. The van der Waals surface area contributed by atoms with Gasteiger partial charge in [-0.05, 0) is 55.8 Å². The minimum absolute atomic E-state index is 0.111. The number of benzene rings is 3. The summed E-state index contributed by atoms with van der Waals surface area (Å²) in [5.41, 5.74) is 7.19. The molecule has 1 heteroatoms. The molecule has 0 spiro atoms. The lowest BCUT2D eigenvalue weighted by molar-refractivity contribution is 0.133. The monoisotopic (exact) mass is 369 g/mol. The first kappa shape index (κ1) is 19.0. The fraction of sp³-hybridized carbons (Fsp3) is 0.333. The average Bonchev–Trinajstić information content (AvgIpc) is 2.66. The van der Waals surface area contributed by atoms with Crippen molar-refractivity contribution in [3.63, 3.8) is 0 Å². The van der Waals surface area contributed by atoms with Crippen molar-refractivity contribution in [3.05, 3.63) is 107 Å². The van der Waals surface area contributed by atoms with Gasteiger partial charge in [-0.25, -0.2) is 0 Å². The van der Waals surface area contributed by atoms with Crippen LogP contribution in [0.3, 0.4) is 0 Å². The molecule has 0 aromatic heterocycles. The van der Waals surface area contributed by atoms with E-state index < -0.39 is 0 Å². The van der Waals surface area contributed by atoms with Crippen molar-refractivity contribution in [2.45, 2.75) is 51.0 Å².